The van der Waals surface area contributed by atoms with Gasteiger partial charge in [0.25, 0.3) is 0 Å². The van der Waals surface area contributed by atoms with Gasteiger partial charge in [0, 0.05) is 16.3 Å². The van der Waals surface area contributed by atoms with Crippen molar-refractivity contribution in [2.45, 2.75) is 6.92 Å². The molecular formula is C24H16O4. The first kappa shape index (κ1) is 17.6. The van der Waals surface area contributed by atoms with E-state index in [1.54, 1.807) is 24.3 Å². The van der Waals surface area contributed by atoms with Crippen molar-refractivity contribution in [2.24, 2.45) is 0 Å². The highest BCUT2D eigenvalue weighted by molar-refractivity contribution is 6.12. The molecule has 0 unspecified atom stereocenters. The Kier molecular flexibility index (Phi) is 4.45. The Morgan fingerprint density at radius 1 is 0.893 bits per heavy atom. The highest BCUT2D eigenvalue weighted by Crippen LogP contribution is 2.29. The number of carbonyl (C=O) groups is 2. The first-order valence-corrected chi connectivity index (χ1v) is 8.82. The highest BCUT2D eigenvalue weighted by atomic mass is 16.4. The standard InChI is InChI=1S/C24H16O4/c1-15(25)21-14-18-13-17(11-12-22(26)16-7-3-2-4-8-16)19-9-5-6-10-20(19)23(18)28-24(21)27/h2-14H,1H3/b12-11+. The second kappa shape index (κ2) is 7.08. The van der Waals surface area contributed by atoms with Crippen LogP contribution >= 0.6 is 0 Å². The molecule has 0 N–H and O–H groups in total. The van der Waals surface area contributed by atoms with E-state index in [1.165, 1.54) is 13.0 Å². The molecule has 3 aromatic carbocycles. The topological polar surface area (TPSA) is 64.3 Å². The van der Waals surface area contributed by atoms with Gasteiger partial charge in [-0.3, -0.25) is 9.59 Å². The van der Waals surface area contributed by atoms with E-state index in [4.69, 9.17) is 4.42 Å². The van der Waals surface area contributed by atoms with Crippen LogP contribution in [0.15, 0.2) is 82.0 Å². The van der Waals surface area contributed by atoms with E-state index in [2.05, 4.69) is 0 Å². The number of benzene rings is 3. The SMILES string of the molecule is CC(=O)c1cc2cc(/C=C/C(=O)c3ccccc3)c3ccccc3c2oc1=O. The number of hydrogen-bond acceptors (Lipinski definition) is 4. The largest absolute Gasteiger partial charge is 0.422 e. The summed E-state index contributed by atoms with van der Waals surface area (Å²) in [5, 5.41) is 2.24. The van der Waals surface area contributed by atoms with Gasteiger partial charge in [0.1, 0.15) is 11.1 Å². The van der Waals surface area contributed by atoms with Gasteiger partial charge in [-0.05, 0) is 36.1 Å². The van der Waals surface area contributed by atoms with Crippen LogP contribution in [0.2, 0.25) is 0 Å². The zero-order valence-corrected chi connectivity index (χ0v) is 15.1. The van der Waals surface area contributed by atoms with Crippen LogP contribution < -0.4 is 5.63 Å². The van der Waals surface area contributed by atoms with Crippen LogP contribution in [-0.4, -0.2) is 11.6 Å². The van der Waals surface area contributed by atoms with Gasteiger partial charge in [0.2, 0.25) is 0 Å². The Hall–Kier alpha value is -3.79. The minimum absolute atomic E-state index is 0.0121. The second-order valence-electron chi connectivity index (χ2n) is 6.50. The van der Waals surface area contributed by atoms with Gasteiger partial charge >= 0.3 is 5.63 Å². The van der Waals surface area contributed by atoms with Crippen molar-refractivity contribution in [1.82, 2.24) is 0 Å². The summed E-state index contributed by atoms with van der Waals surface area (Å²) >= 11 is 0. The number of fused-ring (bicyclic) bond motifs is 3. The van der Waals surface area contributed by atoms with Gasteiger partial charge in [-0.15, -0.1) is 0 Å². The smallest absolute Gasteiger partial charge is 0.347 e. The molecular weight excluding hydrogens is 352 g/mol. The molecule has 1 aromatic heterocycles. The molecule has 0 bridgehead atoms. The van der Waals surface area contributed by atoms with Crippen molar-refractivity contribution in [3.8, 4) is 0 Å². The molecule has 4 rings (SSSR count). The van der Waals surface area contributed by atoms with E-state index in [9.17, 15) is 14.4 Å². The molecule has 4 aromatic rings. The number of carbonyl (C=O) groups excluding carboxylic acids is 2. The van der Waals surface area contributed by atoms with Crippen molar-refractivity contribution in [2.75, 3.05) is 0 Å². The van der Waals surface area contributed by atoms with Crippen molar-refractivity contribution in [3.63, 3.8) is 0 Å². The lowest BCUT2D eigenvalue weighted by Gasteiger charge is -2.07. The molecule has 0 aliphatic rings. The predicted molar refractivity (Wildman–Crippen MR) is 110 cm³/mol. The molecule has 0 fully saturated rings. The average Bonchev–Trinajstić information content (AvgIpc) is 2.72. The zero-order chi connectivity index (χ0) is 19.7. The third kappa shape index (κ3) is 3.16. The quantitative estimate of drug-likeness (QED) is 0.219. The van der Waals surface area contributed by atoms with Crippen LogP contribution in [0.3, 0.4) is 0 Å². The fraction of sp³-hybridized carbons (Fsp3) is 0.0417. The third-order valence-electron chi connectivity index (χ3n) is 4.62. The molecule has 136 valence electrons. The molecule has 4 nitrogen and oxygen atoms in total. The summed E-state index contributed by atoms with van der Waals surface area (Å²) in [6.45, 7) is 1.33. The first-order valence-electron chi connectivity index (χ1n) is 8.82. The van der Waals surface area contributed by atoms with Crippen molar-refractivity contribution in [1.29, 1.82) is 0 Å². The molecule has 0 saturated heterocycles. The number of Topliss-reactive ketones (excluding diaryl/α,β-unsaturated/α-hetero) is 1. The summed E-state index contributed by atoms with van der Waals surface area (Å²) in [6, 6.07) is 19.9. The van der Waals surface area contributed by atoms with Crippen LogP contribution in [-0.2, 0) is 0 Å². The maximum absolute atomic E-state index is 12.4. The molecule has 0 radical (unpaired) electrons. The summed E-state index contributed by atoms with van der Waals surface area (Å²) in [6.07, 6.45) is 3.27. The van der Waals surface area contributed by atoms with Gasteiger partial charge in [-0.2, -0.15) is 0 Å². The van der Waals surface area contributed by atoms with E-state index < -0.39 is 5.63 Å². The maximum atomic E-state index is 12.4. The molecule has 4 heteroatoms. The molecule has 0 atom stereocenters. The van der Waals surface area contributed by atoms with Crippen LogP contribution in [0.25, 0.3) is 27.8 Å². The maximum Gasteiger partial charge on any atom is 0.347 e. The first-order chi connectivity index (χ1) is 13.5. The molecule has 0 aliphatic heterocycles. The fourth-order valence-electron chi connectivity index (χ4n) is 3.23. The summed E-state index contributed by atoms with van der Waals surface area (Å²) in [5.74, 6) is -0.450. The van der Waals surface area contributed by atoms with Crippen molar-refractivity contribution < 1.29 is 14.0 Å². The fourth-order valence-corrected chi connectivity index (χ4v) is 3.23. The zero-order valence-electron chi connectivity index (χ0n) is 15.1. The number of hydrogen-bond donors (Lipinski definition) is 0. The lowest BCUT2D eigenvalue weighted by atomic mass is 9.99. The summed E-state index contributed by atoms with van der Waals surface area (Å²) in [4.78, 5) is 36.3. The molecule has 28 heavy (non-hydrogen) atoms. The van der Waals surface area contributed by atoms with Crippen molar-refractivity contribution in [3.05, 3.63) is 99.9 Å². The number of allylic oxidation sites excluding steroid dienone is 1. The molecule has 0 aliphatic carbocycles. The molecule has 0 amide bonds. The molecule has 1 heterocycles. The summed E-state index contributed by atoms with van der Waals surface area (Å²) < 4.78 is 5.45. The molecule has 0 saturated carbocycles. The van der Waals surface area contributed by atoms with Gasteiger partial charge in [0.05, 0.1) is 0 Å². The Morgan fingerprint density at radius 3 is 2.29 bits per heavy atom. The van der Waals surface area contributed by atoms with Crippen LogP contribution in [0.5, 0.6) is 0 Å². The second-order valence-corrected chi connectivity index (χ2v) is 6.50. The number of rotatable bonds is 4. The lowest BCUT2D eigenvalue weighted by Crippen LogP contribution is -2.11. The third-order valence-corrected chi connectivity index (χ3v) is 4.62. The summed E-state index contributed by atoms with van der Waals surface area (Å²) in [5.41, 5.74) is 1.20. The minimum Gasteiger partial charge on any atom is -0.422 e. The van der Waals surface area contributed by atoms with Crippen LogP contribution in [0.1, 0.15) is 33.2 Å². The highest BCUT2D eigenvalue weighted by Gasteiger charge is 2.13. The Labute approximate surface area is 160 Å². The monoisotopic (exact) mass is 368 g/mol. The van der Waals surface area contributed by atoms with Gasteiger partial charge in [-0.25, -0.2) is 4.79 Å². The van der Waals surface area contributed by atoms with E-state index >= 15 is 0 Å². The van der Waals surface area contributed by atoms with E-state index in [1.807, 2.05) is 48.5 Å². The van der Waals surface area contributed by atoms with Crippen LogP contribution in [0, 0.1) is 0 Å². The van der Waals surface area contributed by atoms with E-state index in [0.29, 0.717) is 16.5 Å². The Balaban J connectivity index is 1.91. The minimum atomic E-state index is -0.646. The predicted octanol–water partition coefficient (Wildman–Crippen LogP) is 5.04. The Morgan fingerprint density at radius 2 is 1.57 bits per heavy atom. The lowest BCUT2D eigenvalue weighted by molar-refractivity contribution is 0.101. The summed E-state index contributed by atoms with van der Waals surface area (Å²) in [7, 11) is 0. The Bertz CT molecular complexity index is 1310. The van der Waals surface area contributed by atoms with Crippen LogP contribution in [0.4, 0.5) is 0 Å². The number of ketones is 2. The van der Waals surface area contributed by atoms with Gasteiger partial charge in [-0.1, -0.05) is 60.7 Å². The average molecular weight is 368 g/mol. The van der Waals surface area contributed by atoms with E-state index in [0.717, 1.165) is 16.3 Å². The van der Waals surface area contributed by atoms with Crippen molar-refractivity contribution >= 4 is 39.4 Å². The normalized spacial score (nSPS) is 11.3. The van der Waals surface area contributed by atoms with Gasteiger partial charge < -0.3 is 4.42 Å². The van der Waals surface area contributed by atoms with Gasteiger partial charge in [0.15, 0.2) is 11.6 Å². The molecule has 0 spiro atoms. The van der Waals surface area contributed by atoms with E-state index in [-0.39, 0.29) is 17.1 Å².